The first-order valence-electron chi connectivity index (χ1n) is 5.07. The predicted octanol–water partition coefficient (Wildman–Crippen LogP) is 3.32. The number of halogens is 6. The van der Waals surface area contributed by atoms with E-state index in [1.165, 1.54) is 19.2 Å². The highest BCUT2D eigenvalue weighted by molar-refractivity contribution is 5.85. The van der Waals surface area contributed by atoms with Crippen LogP contribution in [0.15, 0.2) is 18.2 Å². The van der Waals surface area contributed by atoms with Crippen LogP contribution in [0.4, 0.5) is 22.0 Å². The van der Waals surface area contributed by atoms with Crippen molar-refractivity contribution >= 4 is 12.4 Å². The van der Waals surface area contributed by atoms with Gasteiger partial charge >= 0.3 is 12.1 Å². The SMILES string of the molecule is COc1ccc([C@@H](N)C(F)(F)C(F)(F)F)c(OC)c1.Cl. The summed E-state index contributed by atoms with van der Waals surface area (Å²) in [4.78, 5) is 0. The molecule has 0 heterocycles. The summed E-state index contributed by atoms with van der Waals surface area (Å²) in [6.07, 6.45) is -5.74. The van der Waals surface area contributed by atoms with Crippen molar-refractivity contribution in [1.82, 2.24) is 0 Å². The average molecular weight is 322 g/mol. The monoisotopic (exact) mass is 321 g/mol. The van der Waals surface area contributed by atoms with Crippen LogP contribution in [-0.2, 0) is 0 Å². The first-order chi connectivity index (χ1) is 8.65. The van der Waals surface area contributed by atoms with Crippen molar-refractivity contribution in [2.24, 2.45) is 5.73 Å². The zero-order chi connectivity index (χ0) is 14.8. The van der Waals surface area contributed by atoms with Crippen molar-refractivity contribution in [2.45, 2.75) is 18.1 Å². The molecule has 0 spiro atoms. The number of nitrogens with two attached hydrogens (primary N) is 1. The van der Waals surface area contributed by atoms with Gasteiger partial charge in [-0.1, -0.05) is 0 Å². The third-order valence-electron chi connectivity index (χ3n) is 2.54. The van der Waals surface area contributed by atoms with Gasteiger partial charge in [0.1, 0.15) is 17.5 Å². The number of hydrogen-bond acceptors (Lipinski definition) is 3. The molecule has 0 saturated heterocycles. The number of methoxy groups -OCH3 is 2. The van der Waals surface area contributed by atoms with Gasteiger partial charge in [-0.15, -0.1) is 12.4 Å². The second kappa shape index (κ2) is 6.45. The van der Waals surface area contributed by atoms with Gasteiger partial charge in [0.2, 0.25) is 0 Å². The van der Waals surface area contributed by atoms with Gasteiger partial charge in [0.15, 0.2) is 0 Å². The van der Waals surface area contributed by atoms with Gasteiger partial charge in [-0.2, -0.15) is 22.0 Å². The summed E-state index contributed by atoms with van der Waals surface area (Å²) in [5.74, 6) is -5.01. The number of alkyl halides is 5. The highest BCUT2D eigenvalue weighted by Crippen LogP contribution is 2.45. The molecule has 1 aromatic rings. The molecule has 116 valence electrons. The fourth-order valence-electron chi connectivity index (χ4n) is 1.45. The molecule has 0 amide bonds. The standard InChI is InChI=1S/C11H12F5NO2.ClH/c1-18-6-3-4-7(8(5-6)19-2)9(17)10(12,13)11(14,15)16;/h3-5,9H,17H2,1-2H3;1H/t9-;/m1./s1. The maximum atomic E-state index is 13.2. The molecule has 1 atom stereocenters. The molecule has 0 aliphatic heterocycles. The van der Waals surface area contributed by atoms with E-state index in [1.807, 2.05) is 0 Å². The lowest BCUT2D eigenvalue weighted by Gasteiger charge is -2.27. The normalized spacial score (nSPS) is 13.4. The van der Waals surface area contributed by atoms with Gasteiger partial charge in [-0.25, -0.2) is 0 Å². The molecule has 0 radical (unpaired) electrons. The molecule has 0 unspecified atom stereocenters. The third kappa shape index (κ3) is 3.43. The Morgan fingerprint density at radius 1 is 1.05 bits per heavy atom. The van der Waals surface area contributed by atoms with E-state index in [1.54, 1.807) is 0 Å². The van der Waals surface area contributed by atoms with Crippen molar-refractivity contribution in [1.29, 1.82) is 0 Å². The molecular weight excluding hydrogens is 309 g/mol. The van der Waals surface area contributed by atoms with E-state index in [2.05, 4.69) is 0 Å². The fourth-order valence-corrected chi connectivity index (χ4v) is 1.45. The maximum absolute atomic E-state index is 13.2. The van der Waals surface area contributed by atoms with Crippen molar-refractivity contribution in [3.63, 3.8) is 0 Å². The van der Waals surface area contributed by atoms with Crippen LogP contribution in [0.1, 0.15) is 11.6 Å². The highest BCUT2D eigenvalue weighted by atomic mass is 35.5. The zero-order valence-electron chi connectivity index (χ0n) is 10.5. The van der Waals surface area contributed by atoms with Crippen molar-refractivity contribution < 1.29 is 31.4 Å². The lowest BCUT2D eigenvalue weighted by Crippen LogP contribution is -2.45. The van der Waals surface area contributed by atoms with Gasteiger partial charge in [-0.3, -0.25) is 0 Å². The Balaban J connectivity index is 0.00000361. The summed E-state index contributed by atoms with van der Waals surface area (Å²) in [6, 6.07) is 0.863. The molecule has 0 aliphatic carbocycles. The summed E-state index contributed by atoms with van der Waals surface area (Å²) in [5.41, 5.74) is 4.58. The fraction of sp³-hybridized carbons (Fsp3) is 0.455. The topological polar surface area (TPSA) is 44.5 Å². The van der Waals surface area contributed by atoms with Crippen LogP contribution in [0, 0.1) is 0 Å². The summed E-state index contributed by atoms with van der Waals surface area (Å²) >= 11 is 0. The molecule has 0 aromatic heterocycles. The second-order valence-electron chi connectivity index (χ2n) is 3.71. The molecule has 2 N–H and O–H groups in total. The van der Waals surface area contributed by atoms with Crippen LogP contribution in [0.3, 0.4) is 0 Å². The van der Waals surface area contributed by atoms with E-state index in [0.717, 1.165) is 13.2 Å². The second-order valence-corrected chi connectivity index (χ2v) is 3.71. The van der Waals surface area contributed by atoms with E-state index in [0.29, 0.717) is 0 Å². The van der Waals surface area contributed by atoms with Gasteiger partial charge in [0, 0.05) is 11.6 Å². The quantitative estimate of drug-likeness (QED) is 0.865. The zero-order valence-corrected chi connectivity index (χ0v) is 11.3. The summed E-state index contributed by atoms with van der Waals surface area (Å²) in [7, 11) is 2.45. The smallest absolute Gasteiger partial charge is 0.455 e. The minimum atomic E-state index is -5.74. The van der Waals surface area contributed by atoms with Gasteiger partial charge in [-0.05, 0) is 12.1 Å². The Bertz CT molecular complexity index is 453. The minimum absolute atomic E-state index is 0. The van der Waals surface area contributed by atoms with Crippen LogP contribution in [-0.4, -0.2) is 26.3 Å². The van der Waals surface area contributed by atoms with Crippen molar-refractivity contribution in [2.75, 3.05) is 14.2 Å². The van der Waals surface area contributed by atoms with Crippen LogP contribution < -0.4 is 15.2 Å². The van der Waals surface area contributed by atoms with Gasteiger partial charge in [0.05, 0.1) is 14.2 Å². The maximum Gasteiger partial charge on any atom is 0.455 e. The lowest BCUT2D eigenvalue weighted by molar-refractivity contribution is -0.291. The Morgan fingerprint density at radius 2 is 1.60 bits per heavy atom. The van der Waals surface area contributed by atoms with E-state index >= 15 is 0 Å². The Kier molecular flexibility index (Phi) is 6.03. The Labute approximate surface area is 118 Å². The lowest BCUT2D eigenvalue weighted by atomic mass is 9.99. The van der Waals surface area contributed by atoms with E-state index < -0.39 is 23.7 Å². The van der Waals surface area contributed by atoms with Gasteiger partial charge in [0.25, 0.3) is 0 Å². The Hall–Kier alpha value is -1.28. The third-order valence-corrected chi connectivity index (χ3v) is 2.54. The molecule has 0 fully saturated rings. The van der Waals surface area contributed by atoms with E-state index in [9.17, 15) is 22.0 Å². The Morgan fingerprint density at radius 3 is 2.00 bits per heavy atom. The molecule has 0 saturated carbocycles. The predicted molar refractivity (Wildman–Crippen MR) is 64.7 cm³/mol. The summed E-state index contributed by atoms with van der Waals surface area (Å²) < 4.78 is 72.7. The molecule has 0 aliphatic rings. The molecule has 20 heavy (non-hydrogen) atoms. The van der Waals surface area contributed by atoms with Crippen molar-refractivity contribution in [3.8, 4) is 11.5 Å². The number of benzene rings is 1. The number of rotatable bonds is 4. The molecule has 1 rings (SSSR count). The first kappa shape index (κ1) is 18.7. The first-order valence-corrected chi connectivity index (χ1v) is 5.07. The molecule has 0 bridgehead atoms. The van der Waals surface area contributed by atoms with Crippen LogP contribution in [0.2, 0.25) is 0 Å². The average Bonchev–Trinajstić information content (AvgIpc) is 2.35. The summed E-state index contributed by atoms with van der Waals surface area (Å²) in [6.45, 7) is 0. The van der Waals surface area contributed by atoms with Crippen molar-refractivity contribution in [3.05, 3.63) is 23.8 Å². The van der Waals surface area contributed by atoms with Gasteiger partial charge < -0.3 is 15.2 Å². The van der Waals surface area contributed by atoms with E-state index in [4.69, 9.17) is 15.2 Å². The molecule has 1 aromatic carbocycles. The minimum Gasteiger partial charge on any atom is -0.497 e. The molecular formula is C11H13ClF5NO2. The van der Waals surface area contributed by atoms with Crippen LogP contribution in [0.5, 0.6) is 11.5 Å². The number of hydrogen-bond donors (Lipinski definition) is 1. The largest absolute Gasteiger partial charge is 0.497 e. The highest BCUT2D eigenvalue weighted by Gasteiger charge is 2.62. The van der Waals surface area contributed by atoms with Crippen LogP contribution >= 0.6 is 12.4 Å². The number of ether oxygens (including phenoxy) is 2. The van der Waals surface area contributed by atoms with Crippen LogP contribution in [0.25, 0.3) is 0 Å². The molecule has 3 nitrogen and oxygen atoms in total. The van der Waals surface area contributed by atoms with E-state index in [-0.39, 0.29) is 23.9 Å². The summed E-state index contributed by atoms with van der Waals surface area (Å²) in [5, 5.41) is 0. The molecule has 9 heteroatoms.